The standard InChI is InChI=1S/C8H6INO4.C2H6/c1-4-2-3-5(8(11)12)7(6(4)9)10(13)14;1-2/h2-3H,1H3,(H,11,12);1-2H3. The van der Waals surface area contributed by atoms with Crippen LogP contribution in [0.3, 0.4) is 0 Å². The molecule has 0 radical (unpaired) electrons. The average molecular weight is 337 g/mol. The number of rotatable bonds is 2. The van der Waals surface area contributed by atoms with Crippen LogP contribution >= 0.6 is 22.6 Å². The molecule has 88 valence electrons. The van der Waals surface area contributed by atoms with Crippen molar-refractivity contribution in [2.45, 2.75) is 20.8 Å². The minimum Gasteiger partial charge on any atom is -0.477 e. The van der Waals surface area contributed by atoms with E-state index in [4.69, 9.17) is 5.11 Å². The quantitative estimate of drug-likeness (QED) is 0.510. The average Bonchev–Trinajstić information content (AvgIpc) is 2.23. The molecular weight excluding hydrogens is 325 g/mol. The number of carboxylic acids is 1. The van der Waals surface area contributed by atoms with Crippen LogP contribution in [-0.4, -0.2) is 16.0 Å². The lowest BCUT2D eigenvalue weighted by Crippen LogP contribution is -2.05. The Labute approximate surface area is 107 Å². The van der Waals surface area contributed by atoms with Crippen LogP contribution in [0.25, 0.3) is 0 Å². The summed E-state index contributed by atoms with van der Waals surface area (Å²) in [5.74, 6) is -1.28. The molecule has 0 aliphatic rings. The second-order valence-corrected chi connectivity index (χ2v) is 3.73. The van der Waals surface area contributed by atoms with Gasteiger partial charge in [-0.05, 0) is 41.1 Å². The number of carboxylic acid groups (broad SMARTS) is 1. The highest BCUT2D eigenvalue weighted by Gasteiger charge is 2.24. The van der Waals surface area contributed by atoms with Crippen molar-refractivity contribution in [3.63, 3.8) is 0 Å². The van der Waals surface area contributed by atoms with Crippen LogP contribution in [0.15, 0.2) is 12.1 Å². The minimum atomic E-state index is -1.28. The van der Waals surface area contributed by atoms with Gasteiger partial charge in [-0.1, -0.05) is 19.9 Å². The molecule has 0 heterocycles. The zero-order valence-corrected chi connectivity index (χ0v) is 11.3. The molecule has 0 amide bonds. The van der Waals surface area contributed by atoms with Crippen molar-refractivity contribution in [3.05, 3.63) is 36.9 Å². The van der Waals surface area contributed by atoms with Gasteiger partial charge in [0.1, 0.15) is 5.56 Å². The van der Waals surface area contributed by atoms with Crippen LogP contribution in [-0.2, 0) is 0 Å². The van der Waals surface area contributed by atoms with Gasteiger partial charge in [-0.25, -0.2) is 4.79 Å². The van der Waals surface area contributed by atoms with Crippen molar-refractivity contribution in [1.82, 2.24) is 0 Å². The molecule has 1 rings (SSSR count). The Bertz CT molecular complexity index is 418. The monoisotopic (exact) mass is 337 g/mol. The molecule has 6 heteroatoms. The number of hydrogen-bond acceptors (Lipinski definition) is 3. The highest BCUT2D eigenvalue weighted by Crippen LogP contribution is 2.28. The summed E-state index contributed by atoms with van der Waals surface area (Å²) in [7, 11) is 0. The molecule has 0 unspecified atom stereocenters. The Kier molecular flexibility index (Phi) is 5.94. The van der Waals surface area contributed by atoms with Gasteiger partial charge in [0.2, 0.25) is 0 Å². The van der Waals surface area contributed by atoms with Gasteiger partial charge < -0.3 is 5.11 Å². The van der Waals surface area contributed by atoms with Crippen molar-refractivity contribution < 1.29 is 14.8 Å². The molecule has 0 fully saturated rings. The third-order valence-corrected chi connectivity index (χ3v) is 3.08. The van der Waals surface area contributed by atoms with Gasteiger partial charge in [0, 0.05) is 0 Å². The smallest absolute Gasteiger partial charge is 0.342 e. The summed E-state index contributed by atoms with van der Waals surface area (Å²) >= 11 is 1.77. The van der Waals surface area contributed by atoms with Crippen LogP contribution < -0.4 is 0 Å². The number of hydrogen-bond donors (Lipinski definition) is 1. The third kappa shape index (κ3) is 3.16. The van der Waals surface area contributed by atoms with Gasteiger partial charge in [0.25, 0.3) is 5.69 Å². The second-order valence-electron chi connectivity index (χ2n) is 2.65. The Hall–Kier alpha value is -1.18. The molecule has 16 heavy (non-hydrogen) atoms. The van der Waals surface area contributed by atoms with Gasteiger partial charge in [-0.2, -0.15) is 0 Å². The molecule has 5 nitrogen and oxygen atoms in total. The fourth-order valence-electron chi connectivity index (χ4n) is 1.02. The van der Waals surface area contributed by atoms with Crippen LogP contribution in [0.2, 0.25) is 0 Å². The van der Waals surface area contributed by atoms with E-state index in [-0.39, 0.29) is 11.3 Å². The topological polar surface area (TPSA) is 80.4 Å². The van der Waals surface area contributed by atoms with Gasteiger partial charge in [0.15, 0.2) is 0 Å². The Morgan fingerprint density at radius 2 is 1.94 bits per heavy atom. The van der Waals surface area contributed by atoms with E-state index in [2.05, 4.69) is 0 Å². The van der Waals surface area contributed by atoms with Gasteiger partial charge in [-0.15, -0.1) is 0 Å². The first-order chi connectivity index (χ1) is 7.45. The maximum absolute atomic E-state index is 10.7. The van der Waals surface area contributed by atoms with E-state index >= 15 is 0 Å². The Morgan fingerprint density at radius 1 is 1.44 bits per heavy atom. The number of benzene rings is 1. The van der Waals surface area contributed by atoms with E-state index in [0.717, 1.165) is 0 Å². The number of nitrogens with zero attached hydrogens (tertiary/aromatic N) is 1. The number of aryl methyl sites for hydroxylation is 1. The first-order valence-electron chi connectivity index (χ1n) is 4.62. The maximum Gasteiger partial charge on any atom is 0.342 e. The van der Waals surface area contributed by atoms with Crippen molar-refractivity contribution in [2.24, 2.45) is 0 Å². The Balaban J connectivity index is 0.00000106. The SMILES string of the molecule is CC.Cc1ccc(C(=O)O)c([N+](=O)[O-])c1I. The van der Waals surface area contributed by atoms with E-state index in [1.807, 2.05) is 13.8 Å². The molecule has 0 bridgehead atoms. The van der Waals surface area contributed by atoms with Crippen LogP contribution in [0.4, 0.5) is 5.69 Å². The fraction of sp³-hybridized carbons (Fsp3) is 0.300. The fourth-order valence-corrected chi connectivity index (χ4v) is 1.68. The molecule has 0 spiro atoms. The largest absolute Gasteiger partial charge is 0.477 e. The summed E-state index contributed by atoms with van der Waals surface area (Å²) in [5.41, 5.74) is 0.0883. The number of aromatic carboxylic acids is 1. The normalized spacial score (nSPS) is 9.00. The predicted molar refractivity (Wildman–Crippen MR) is 68.9 cm³/mol. The van der Waals surface area contributed by atoms with Gasteiger partial charge in [0.05, 0.1) is 8.49 Å². The first-order valence-corrected chi connectivity index (χ1v) is 5.69. The van der Waals surface area contributed by atoms with Crippen LogP contribution in [0.5, 0.6) is 0 Å². The van der Waals surface area contributed by atoms with Crippen molar-refractivity contribution in [1.29, 1.82) is 0 Å². The molecule has 0 saturated heterocycles. The maximum atomic E-state index is 10.7. The van der Waals surface area contributed by atoms with Gasteiger partial charge in [-0.3, -0.25) is 10.1 Å². The lowest BCUT2D eigenvalue weighted by atomic mass is 10.1. The highest BCUT2D eigenvalue weighted by atomic mass is 127. The zero-order valence-electron chi connectivity index (χ0n) is 9.15. The lowest BCUT2D eigenvalue weighted by Gasteiger charge is -2.02. The van der Waals surface area contributed by atoms with Crippen molar-refractivity contribution >= 4 is 34.2 Å². The van der Waals surface area contributed by atoms with Gasteiger partial charge >= 0.3 is 5.97 Å². The van der Waals surface area contributed by atoms with Crippen LogP contribution in [0, 0.1) is 20.6 Å². The molecule has 1 N–H and O–H groups in total. The summed E-state index contributed by atoms with van der Waals surface area (Å²) in [6, 6.07) is 2.80. The molecule has 0 saturated carbocycles. The lowest BCUT2D eigenvalue weighted by molar-refractivity contribution is -0.386. The number of carbonyl (C=O) groups is 1. The number of halogens is 1. The van der Waals surface area contributed by atoms with E-state index in [0.29, 0.717) is 9.13 Å². The molecule has 0 aliphatic heterocycles. The predicted octanol–water partition coefficient (Wildman–Crippen LogP) is 3.23. The van der Waals surface area contributed by atoms with Crippen LogP contribution in [0.1, 0.15) is 29.8 Å². The second kappa shape index (κ2) is 6.41. The number of nitro groups is 1. The molecule has 1 aromatic carbocycles. The molecule has 0 aliphatic carbocycles. The summed E-state index contributed by atoms with van der Waals surface area (Å²) in [6.45, 7) is 5.69. The molecule has 0 atom stereocenters. The number of nitro benzene ring substituents is 1. The minimum absolute atomic E-state index is 0.273. The van der Waals surface area contributed by atoms with E-state index in [9.17, 15) is 14.9 Å². The zero-order chi connectivity index (χ0) is 12.9. The van der Waals surface area contributed by atoms with E-state index in [1.165, 1.54) is 6.07 Å². The molecular formula is C10H12INO4. The summed E-state index contributed by atoms with van der Waals surface area (Å²) in [6.07, 6.45) is 0. The molecule has 1 aromatic rings. The van der Waals surface area contributed by atoms with E-state index in [1.54, 1.807) is 35.6 Å². The van der Waals surface area contributed by atoms with Crippen molar-refractivity contribution in [3.8, 4) is 0 Å². The highest BCUT2D eigenvalue weighted by molar-refractivity contribution is 14.1. The summed E-state index contributed by atoms with van der Waals surface area (Å²) in [5, 5.41) is 19.4. The third-order valence-electron chi connectivity index (χ3n) is 1.72. The Morgan fingerprint density at radius 3 is 2.31 bits per heavy atom. The summed E-state index contributed by atoms with van der Waals surface area (Å²) < 4.78 is 0.368. The summed E-state index contributed by atoms with van der Waals surface area (Å²) in [4.78, 5) is 20.7. The van der Waals surface area contributed by atoms with E-state index < -0.39 is 10.9 Å². The first kappa shape index (κ1) is 14.8. The van der Waals surface area contributed by atoms with Crippen molar-refractivity contribution in [2.75, 3.05) is 0 Å². The molecule has 0 aromatic heterocycles.